The van der Waals surface area contributed by atoms with E-state index < -0.39 is 35.8 Å². The zero-order valence-electron chi connectivity index (χ0n) is 48.3. The molecule has 0 aliphatic rings. The number of aromatic carboxylic acids is 6. The van der Waals surface area contributed by atoms with Crippen molar-refractivity contribution >= 4 is 35.8 Å². The van der Waals surface area contributed by atoms with Crippen LogP contribution >= 0.6 is 0 Å². The van der Waals surface area contributed by atoms with E-state index in [1.807, 2.05) is 0 Å². The first kappa shape index (κ1) is 108. The van der Waals surface area contributed by atoms with E-state index in [9.17, 15) is 79.8 Å². The molecule has 6 rings (SSSR count). The van der Waals surface area contributed by atoms with E-state index in [4.69, 9.17) is 26.0 Å². The molecule has 0 heterocycles. The van der Waals surface area contributed by atoms with Crippen molar-refractivity contribution in [3.63, 3.8) is 0 Å². The molecule has 0 saturated heterocycles. The maximum absolute atomic E-state index is 10.1. The molecule has 4 N–H and O–H groups in total. The normalized spacial score (nSPS) is 8.09. The fraction of sp³-hybridized carbons (Fsp3) is 0.250. The molecule has 6 aromatic carbocycles. The molecular weight excluding hydrogens is 1540 g/mol. The third-order valence-electron chi connectivity index (χ3n) is 8.52. The van der Waals surface area contributed by atoms with Crippen LogP contribution in [-0.2, 0) is 34.1 Å². The summed E-state index contributed by atoms with van der Waals surface area (Å²) in [5.74, 6) is -6.77. The molecule has 0 fully saturated rings. The Balaban J connectivity index is -0.0000000843. The second-order valence-electron chi connectivity index (χ2n) is 14.5. The molecule has 484 valence electrons. The average Bonchev–Trinajstić information content (AvgIpc) is 3.52. The van der Waals surface area contributed by atoms with Gasteiger partial charge in [-0.2, -0.15) is 15.8 Å². The van der Waals surface area contributed by atoms with E-state index in [1.165, 1.54) is 93.6 Å². The van der Waals surface area contributed by atoms with E-state index in [-0.39, 0.29) is 198 Å². The van der Waals surface area contributed by atoms with Crippen LogP contribution in [0.2, 0.25) is 0 Å². The number of carboxylic acids is 6. The number of nitrogens with zero attached hydrogens (tertiary/aromatic N) is 5. The molecule has 0 unspecified atom stereocenters. The molecule has 29 heteroatoms. The Bertz CT molecular complexity index is 2210. The second kappa shape index (κ2) is 81.9. The van der Waals surface area contributed by atoms with Crippen LogP contribution in [0.3, 0.4) is 0 Å². The first-order valence-corrected chi connectivity index (χ1v) is 24.3. The third kappa shape index (κ3) is 74.3. The van der Waals surface area contributed by atoms with E-state index in [1.54, 1.807) is 137 Å². The summed E-state index contributed by atoms with van der Waals surface area (Å²) in [5, 5.41) is 140. The largest absolute Gasteiger partial charge is 3.00 e. The van der Waals surface area contributed by atoms with Gasteiger partial charge < -0.3 is 111 Å². The predicted molar refractivity (Wildman–Crippen MR) is 289 cm³/mol. The fourth-order valence-corrected chi connectivity index (χ4v) is 4.92. The Labute approximate surface area is 603 Å². The standard InChI is InChI=1S/6C7H6O2.2C6H13NO3.3C2H3N.2Fe.2Gd.2H2O/c6*8-7(9)6-4-2-1-3-5-6;2*8-4-1-7(2-5-9)3-6-10;3*1-2-3;;;;;;/h6*1-5H,(H,8,9);2*8H,1-6H2;3*1H3;;;;;2*1H2/q;;;;;;2*-2;;;;4*+3;;/p-8. The first-order chi connectivity index (χ1) is 39.8. The molecule has 89 heavy (non-hydrogen) atoms. The van der Waals surface area contributed by atoms with Crippen LogP contribution in [0.1, 0.15) is 82.9 Å². The summed E-state index contributed by atoms with van der Waals surface area (Å²) in [7, 11) is 0. The van der Waals surface area contributed by atoms with Crippen LogP contribution in [0.5, 0.6) is 0 Å². The monoisotopic (exact) mass is 1610 g/mol. The number of rotatable bonds is 18. The zero-order valence-corrected chi connectivity index (χ0v) is 55.0. The van der Waals surface area contributed by atoms with E-state index in [0.29, 0.717) is 39.3 Å². The smallest absolute Gasteiger partial charge is 0.870 e. The van der Waals surface area contributed by atoms with Gasteiger partial charge in [0.15, 0.2) is 0 Å². The summed E-state index contributed by atoms with van der Waals surface area (Å²) in [6.45, 7) is 5.81. The minimum atomic E-state index is -1.13. The van der Waals surface area contributed by atoms with E-state index in [0.717, 1.165) is 0 Å². The molecule has 0 aliphatic carbocycles. The molecule has 0 amide bonds. The molecule has 0 aromatic heterocycles. The quantitative estimate of drug-likeness (QED) is 0.0766. The van der Waals surface area contributed by atoms with Gasteiger partial charge in [0.25, 0.3) is 0 Å². The van der Waals surface area contributed by atoms with Gasteiger partial charge in [-0.15, -0.1) is 26.4 Å². The summed E-state index contributed by atoms with van der Waals surface area (Å²) in [4.78, 5) is 63.9. The fourth-order valence-electron chi connectivity index (χ4n) is 4.92. The van der Waals surface area contributed by atoms with E-state index >= 15 is 0 Å². The van der Waals surface area contributed by atoms with Crippen molar-refractivity contribution < 1.29 is 215 Å². The van der Waals surface area contributed by atoms with Crippen molar-refractivity contribution in [1.82, 2.24) is 9.80 Å². The number of aliphatic hydroxyl groups is 2. The minimum Gasteiger partial charge on any atom is -0.870 e. The van der Waals surface area contributed by atoms with Crippen molar-refractivity contribution in [2.75, 3.05) is 78.9 Å². The average molecular weight is 1600 g/mol. The number of nitriles is 3. The zero-order chi connectivity index (χ0) is 63.9. The maximum Gasteiger partial charge on any atom is 3.00 e. The number of carbonyl (C=O) groups is 6. The van der Waals surface area contributed by atoms with Gasteiger partial charge in [0.2, 0.25) is 0 Å². The molecule has 0 spiro atoms. The molecule has 25 nitrogen and oxygen atoms in total. The number of carbonyl (C=O) groups excluding carboxylic acids is 6. The summed E-state index contributed by atoms with van der Waals surface area (Å²) in [6.07, 6.45) is 0. The van der Waals surface area contributed by atoms with Crippen LogP contribution in [0.4, 0.5) is 0 Å². The molecule has 0 aliphatic heterocycles. The molecule has 6 aromatic rings. The SMILES string of the molecule is CC#N.CC#N.CC#N.O=C([O-])c1ccccc1.O=C([O-])c1ccccc1.O=C([O-])c1ccccc1.O=C([O-])c1ccccc1.O=C([O-])c1ccccc1.O=C([O-])c1ccccc1.[Fe+3].[Fe+3].[Gd+3].[Gd+3].[O-]CCN(CC[O-])CCO.[O-]CCN(CC[O-])CCO.[OH-].[OH-]. The number of carboxylic acid groups (broad SMARTS) is 6. The van der Waals surface area contributed by atoms with Crippen molar-refractivity contribution in [3.05, 3.63) is 215 Å². The number of benzene rings is 6. The van der Waals surface area contributed by atoms with Crippen molar-refractivity contribution in [2.24, 2.45) is 0 Å². The third-order valence-corrected chi connectivity index (χ3v) is 8.52. The van der Waals surface area contributed by atoms with Crippen LogP contribution in [0.25, 0.3) is 0 Å². The Morgan fingerprint density at radius 2 is 0.438 bits per heavy atom. The Hall–Kier alpha value is -6.10. The summed E-state index contributed by atoms with van der Waals surface area (Å²) in [6, 6.07) is 53.6. The van der Waals surface area contributed by atoms with Crippen LogP contribution < -0.4 is 51.1 Å². The summed E-state index contributed by atoms with van der Waals surface area (Å²) >= 11 is 0. The number of aliphatic hydroxyl groups excluding tert-OH is 2. The van der Waals surface area contributed by atoms with Gasteiger partial charge in [0.05, 0.1) is 67.2 Å². The van der Waals surface area contributed by atoms with Crippen molar-refractivity contribution in [2.45, 2.75) is 20.8 Å². The Kier molecular flexibility index (Phi) is 99.0. The van der Waals surface area contributed by atoms with Crippen LogP contribution in [-0.4, -0.2) is 146 Å². The van der Waals surface area contributed by atoms with Gasteiger partial charge in [-0.3, -0.25) is 0 Å². The van der Waals surface area contributed by atoms with Gasteiger partial charge in [-0.1, -0.05) is 182 Å². The van der Waals surface area contributed by atoms with Crippen molar-refractivity contribution in [1.29, 1.82) is 15.8 Å². The molecule has 0 atom stereocenters. The predicted octanol–water partition coefficient (Wildman–Crippen LogP) is -4.47. The van der Waals surface area contributed by atoms with Gasteiger partial charge in [-0.05, 0) is 59.6 Å². The molecule has 0 saturated carbocycles. The molecule has 0 bridgehead atoms. The number of hydrogen-bond acceptors (Lipinski definition) is 25. The number of hydrogen-bond donors (Lipinski definition) is 2. The Morgan fingerprint density at radius 3 is 0.506 bits per heavy atom. The minimum absolute atomic E-state index is 0. The Morgan fingerprint density at radius 1 is 0.326 bits per heavy atom. The summed E-state index contributed by atoms with van der Waals surface area (Å²) < 4.78 is 0. The topological polar surface area (TPSA) is 511 Å². The molecular formula is C60H67Fe2Gd2N5O20. The molecule has 4 radical (unpaired) electrons. The van der Waals surface area contributed by atoms with Crippen LogP contribution in [0, 0.1) is 114 Å². The van der Waals surface area contributed by atoms with Crippen LogP contribution in [0.15, 0.2) is 182 Å². The first-order valence-electron chi connectivity index (χ1n) is 24.3. The summed E-state index contributed by atoms with van der Waals surface area (Å²) in [5.41, 5.74) is 1.32. The van der Waals surface area contributed by atoms with Gasteiger partial charge in [0, 0.05) is 33.9 Å². The maximum atomic E-state index is 10.1. The van der Waals surface area contributed by atoms with Gasteiger partial charge >= 0.3 is 114 Å². The van der Waals surface area contributed by atoms with E-state index in [2.05, 4.69) is 0 Å². The van der Waals surface area contributed by atoms with Crippen molar-refractivity contribution in [3.8, 4) is 18.2 Å². The second-order valence-corrected chi connectivity index (χ2v) is 14.5. The van der Waals surface area contributed by atoms with Gasteiger partial charge in [0.1, 0.15) is 0 Å². The van der Waals surface area contributed by atoms with Gasteiger partial charge in [-0.25, -0.2) is 0 Å².